The number of amides is 2. The number of nitrogens with zero attached hydrogens (tertiary/aromatic N) is 2. The van der Waals surface area contributed by atoms with Crippen molar-refractivity contribution in [1.29, 1.82) is 0 Å². The van der Waals surface area contributed by atoms with Gasteiger partial charge < -0.3 is 19.9 Å². The molecular weight excluding hydrogens is 258 g/mol. The van der Waals surface area contributed by atoms with E-state index in [-0.39, 0.29) is 24.5 Å². The number of nitrogens with one attached hydrogen (secondary N) is 1. The van der Waals surface area contributed by atoms with Gasteiger partial charge in [0.15, 0.2) is 0 Å². The average molecular weight is 283 g/mol. The molecule has 6 nitrogen and oxygen atoms in total. The van der Waals surface area contributed by atoms with Crippen LogP contribution in [0.1, 0.15) is 26.7 Å². The molecule has 2 heterocycles. The van der Waals surface area contributed by atoms with Gasteiger partial charge in [-0.3, -0.25) is 9.59 Å². The summed E-state index contributed by atoms with van der Waals surface area (Å²) >= 11 is 0. The van der Waals surface area contributed by atoms with Crippen LogP contribution in [0.15, 0.2) is 0 Å². The highest BCUT2D eigenvalue weighted by Gasteiger charge is 2.42. The van der Waals surface area contributed by atoms with E-state index in [1.54, 1.807) is 16.8 Å². The molecule has 0 saturated carbocycles. The van der Waals surface area contributed by atoms with Gasteiger partial charge in [0, 0.05) is 33.3 Å². The zero-order valence-electron chi connectivity index (χ0n) is 12.6. The molecule has 0 bridgehead atoms. The fourth-order valence-corrected chi connectivity index (χ4v) is 2.89. The van der Waals surface area contributed by atoms with Crippen molar-refractivity contribution in [3.8, 4) is 0 Å². The normalized spacial score (nSPS) is 26.1. The number of hydrogen-bond acceptors (Lipinski definition) is 4. The third kappa shape index (κ3) is 3.12. The van der Waals surface area contributed by atoms with Gasteiger partial charge in [0.1, 0.15) is 5.54 Å². The molecule has 1 unspecified atom stereocenters. The summed E-state index contributed by atoms with van der Waals surface area (Å²) < 4.78 is 5.50. The molecule has 0 radical (unpaired) electrons. The zero-order valence-corrected chi connectivity index (χ0v) is 12.6. The van der Waals surface area contributed by atoms with Crippen LogP contribution in [0.25, 0.3) is 0 Å². The van der Waals surface area contributed by atoms with E-state index >= 15 is 0 Å². The first kappa shape index (κ1) is 15.3. The van der Waals surface area contributed by atoms with Crippen LogP contribution in [0.5, 0.6) is 0 Å². The molecule has 1 N–H and O–H groups in total. The summed E-state index contributed by atoms with van der Waals surface area (Å²) in [5, 5.41) is 3.15. The van der Waals surface area contributed by atoms with Crippen LogP contribution in [0.4, 0.5) is 0 Å². The SMILES string of the molecule is CN1CCN(C(=O)CNCC2CCCO2)C(C)(C)C1=O. The van der Waals surface area contributed by atoms with Gasteiger partial charge in [0.05, 0.1) is 12.6 Å². The van der Waals surface area contributed by atoms with E-state index in [4.69, 9.17) is 4.74 Å². The Morgan fingerprint density at radius 3 is 2.85 bits per heavy atom. The van der Waals surface area contributed by atoms with Gasteiger partial charge in [-0.2, -0.15) is 0 Å². The van der Waals surface area contributed by atoms with Crippen LogP contribution in [0, 0.1) is 0 Å². The summed E-state index contributed by atoms with van der Waals surface area (Å²) in [6, 6.07) is 0. The van der Waals surface area contributed by atoms with Gasteiger partial charge in [0.25, 0.3) is 0 Å². The van der Waals surface area contributed by atoms with E-state index in [1.807, 2.05) is 13.8 Å². The Kier molecular flexibility index (Phi) is 4.65. The smallest absolute Gasteiger partial charge is 0.247 e. The molecule has 2 aliphatic rings. The second kappa shape index (κ2) is 6.10. The van der Waals surface area contributed by atoms with E-state index in [0.29, 0.717) is 19.6 Å². The summed E-state index contributed by atoms with van der Waals surface area (Å²) in [5.74, 6) is -0.0225. The molecule has 20 heavy (non-hydrogen) atoms. The first-order chi connectivity index (χ1) is 9.43. The van der Waals surface area contributed by atoms with Crippen molar-refractivity contribution in [2.24, 2.45) is 0 Å². The van der Waals surface area contributed by atoms with Crippen LogP contribution in [0.2, 0.25) is 0 Å². The minimum absolute atomic E-state index is 0.00349. The number of rotatable bonds is 4. The maximum Gasteiger partial charge on any atom is 0.247 e. The number of carbonyl (C=O) groups excluding carboxylic acids is 2. The highest BCUT2D eigenvalue weighted by Crippen LogP contribution is 2.21. The first-order valence-corrected chi connectivity index (χ1v) is 7.31. The standard InChI is InChI=1S/C14H25N3O3/c1-14(2)13(19)16(3)6-7-17(14)12(18)10-15-9-11-5-4-8-20-11/h11,15H,4-10H2,1-3H3. The summed E-state index contributed by atoms with van der Waals surface area (Å²) in [6.07, 6.45) is 2.38. The molecule has 0 aromatic rings. The van der Waals surface area contributed by atoms with Gasteiger partial charge in [0.2, 0.25) is 11.8 Å². The van der Waals surface area contributed by atoms with E-state index in [2.05, 4.69) is 5.32 Å². The number of ether oxygens (including phenoxy) is 1. The van der Waals surface area contributed by atoms with Gasteiger partial charge >= 0.3 is 0 Å². The van der Waals surface area contributed by atoms with Gasteiger partial charge in [-0.15, -0.1) is 0 Å². The number of hydrogen-bond donors (Lipinski definition) is 1. The number of likely N-dealkylation sites (N-methyl/N-ethyl adjacent to an activating group) is 1. The molecule has 2 fully saturated rings. The molecule has 6 heteroatoms. The van der Waals surface area contributed by atoms with Crippen molar-refractivity contribution in [2.45, 2.75) is 38.3 Å². The van der Waals surface area contributed by atoms with Gasteiger partial charge in [-0.05, 0) is 26.7 Å². The monoisotopic (exact) mass is 283 g/mol. The van der Waals surface area contributed by atoms with Crippen LogP contribution < -0.4 is 5.32 Å². The zero-order chi connectivity index (χ0) is 14.8. The van der Waals surface area contributed by atoms with Gasteiger partial charge in [-0.25, -0.2) is 0 Å². The topological polar surface area (TPSA) is 61.9 Å². The highest BCUT2D eigenvalue weighted by atomic mass is 16.5. The van der Waals surface area contributed by atoms with Crippen LogP contribution in [-0.4, -0.2) is 73.1 Å². The number of carbonyl (C=O) groups is 2. The first-order valence-electron chi connectivity index (χ1n) is 7.31. The summed E-state index contributed by atoms with van der Waals surface area (Å²) in [4.78, 5) is 27.8. The fourth-order valence-electron chi connectivity index (χ4n) is 2.89. The van der Waals surface area contributed by atoms with Gasteiger partial charge in [-0.1, -0.05) is 0 Å². The third-order valence-electron chi connectivity index (χ3n) is 4.18. The third-order valence-corrected chi connectivity index (χ3v) is 4.18. The molecule has 2 saturated heterocycles. The molecule has 0 aromatic carbocycles. The second-order valence-electron chi connectivity index (χ2n) is 6.10. The Hall–Kier alpha value is -1.14. The number of piperazine rings is 1. The van der Waals surface area contributed by atoms with Crippen molar-refractivity contribution in [3.05, 3.63) is 0 Å². The Balaban J connectivity index is 1.83. The quantitative estimate of drug-likeness (QED) is 0.778. The minimum atomic E-state index is -0.754. The molecule has 0 spiro atoms. The lowest BCUT2D eigenvalue weighted by molar-refractivity contribution is -0.156. The summed E-state index contributed by atoms with van der Waals surface area (Å²) in [7, 11) is 1.78. The van der Waals surface area contributed by atoms with Crippen molar-refractivity contribution >= 4 is 11.8 Å². The summed E-state index contributed by atoms with van der Waals surface area (Å²) in [6.45, 7) is 6.59. The van der Waals surface area contributed by atoms with E-state index in [1.165, 1.54) is 0 Å². The molecular formula is C14H25N3O3. The average Bonchev–Trinajstić information content (AvgIpc) is 2.89. The molecule has 2 rings (SSSR count). The second-order valence-corrected chi connectivity index (χ2v) is 6.10. The lowest BCUT2D eigenvalue weighted by Gasteiger charge is -2.44. The Morgan fingerprint density at radius 1 is 1.45 bits per heavy atom. The van der Waals surface area contributed by atoms with Crippen molar-refractivity contribution in [2.75, 3.05) is 39.8 Å². The maximum atomic E-state index is 12.3. The molecule has 0 aromatic heterocycles. The molecule has 1 atom stereocenters. The van der Waals surface area contributed by atoms with Crippen molar-refractivity contribution in [1.82, 2.24) is 15.1 Å². The molecule has 0 aliphatic carbocycles. The highest BCUT2D eigenvalue weighted by molar-refractivity contribution is 5.92. The van der Waals surface area contributed by atoms with Crippen LogP contribution in [-0.2, 0) is 14.3 Å². The van der Waals surface area contributed by atoms with E-state index in [9.17, 15) is 9.59 Å². The Bertz CT molecular complexity index is 378. The Labute approximate surface area is 120 Å². The lowest BCUT2D eigenvalue weighted by Crippen LogP contribution is -2.64. The molecule has 2 amide bonds. The summed E-state index contributed by atoms with van der Waals surface area (Å²) in [5.41, 5.74) is -0.754. The van der Waals surface area contributed by atoms with E-state index in [0.717, 1.165) is 19.4 Å². The van der Waals surface area contributed by atoms with Crippen LogP contribution in [0.3, 0.4) is 0 Å². The fraction of sp³-hybridized carbons (Fsp3) is 0.857. The largest absolute Gasteiger partial charge is 0.377 e. The minimum Gasteiger partial charge on any atom is -0.377 e. The Morgan fingerprint density at radius 2 is 2.20 bits per heavy atom. The molecule has 114 valence electrons. The molecule has 2 aliphatic heterocycles. The van der Waals surface area contributed by atoms with Crippen molar-refractivity contribution in [3.63, 3.8) is 0 Å². The lowest BCUT2D eigenvalue weighted by atomic mass is 9.97. The predicted octanol–water partition coefficient (Wildman–Crippen LogP) is -0.166. The van der Waals surface area contributed by atoms with E-state index < -0.39 is 5.54 Å². The van der Waals surface area contributed by atoms with Crippen LogP contribution >= 0.6 is 0 Å². The maximum absolute atomic E-state index is 12.3. The van der Waals surface area contributed by atoms with Crippen molar-refractivity contribution < 1.29 is 14.3 Å². The predicted molar refractivity (Wildman–Crippen MR) is 75.3 cm³/mol.